The Hall–Kier alpha value is -1.00. The summed E-state index contributed by atoms with van der Waals surface area (Å²) in [6.45, 7) is 3.15. The average molecular weight is 293 g/mol. The molecule has 0 bridgehead atoms. The van der Waals surface area contributed by atoms with Crippen LogP contribution < -0.4 is 0 Å². The van der Waals surface area contributed by atoms with Crippen molar-refractivity contribution in [2.75, 3.05) is 12.3 Å². The molecule has 0 aromatic heterocycles. The summed E-state index contributed by atoms with van der Waals surface area (Å²) in [5, 5.41) is 9.01. The third-order valence-corrected chi connectivity index (χ3v) is 4.88. The number of amides is 1. The van der Waals surface area contributed by atoms with E-state index in [1.54, 1.807) is 11.8 Å². The molecule has 110 valence electrons. The Morgan fingerprint density at radius 2 is 2.10 bits per heavy atom. The topological polar surface area (TPSA) is 40.5 Å². The Labute approximate surface area is 125 Å². The van der Waals surface area contributed by atoms with E-state index in [9.17, 15) is 4.79 Å². The van der Waals surface area contributed by atoms with Crippen molar-refractivity contribution in [2.24, 2.45) is 0 Å². The lowest BCUT2D eigenvalue weighted by molar-refractivity contribution is -0.132. The van der Waals surface area contributed by atoms with Crippen LogP contribution in [0.1, 0.15) is 38.2 Å². The summed E-state index contributed by atoms with van der Waals surface area (Å²) >= 11 is 1.58. The highest BCUT2D eigenvalue weighted by molar-refractivity contribution is 8.00. The smallest absolute Gasteiger partial charge is 0.233 e. The van der Waals surface area contributed by atoms with Gasteiger partial charge in [-0.15, -0.1) is 11.8 Å². The minimum atomic E-state index is 0.0653. The molecule has 1 aliphatic rings. The maximum absolute atomic E-state index is 12.3. The Morgan fingerprint density at radius 3 is 2.75 bits per heavy atom. The van der Waals surface area contributed by atoms with Crippen LogP contribution in [0.4, 0.5) is 0 Å². The molecule has 20 heavy (non-hydrogen) atoms. The van der Waals surface area contributed by atoms with Crippen molar-refractivity contribution < 1.29 is 9.90 Å². The van der Waals surface area contributed by atoms with Gasteiger partial charge >= 0.3 is 0 Å². The number of carbonyl (C=O) groups excluding carboxylic acids is 1. The zero-order valence-electron chi connectivity index (χ0n) is 12.0. The molecule has 2 rings (SSSR count). The third-order valence-electron chi connectivity index (χ3n) is 3.89. The lowest BCUT2D eigenvalue weighted by atomic mass is 10.0. The third kappa shape index (κ3) is 4.00. The highest BCUT2D eigenvalue weighted by atomic mass is 32.2. The van der Waals surface area contributed by atoms with Gasteiger partial charge in [0.05, 0.1) is 12.4 Å². The van der Waals surface area contributed by atoms with E-state index >= 15 is 0 Å². The predicted molar refractivity (Wildman–Crippen MR) is 82.7 cm³/mol. The number of thioether (sulfide) groups is 1. The summed E-state index contributed by atoms with van der Waals surface area (Å²) in [6, 6.07) is 8.19. The lowest BCUT2D eigenvalue weighted by Gasteiger charge is -2.35. The van der Waals surface area contributed by atoms with E-state index in [2.05, 4.69) is 11.8 Å². The normalized spacial score (nSPS) is 19.1. The second-order valence-corrected chi connectivity index (χ2v) is 6.28. The van der Waals surface area contributed by atoms with Gasteiger partial charge < -0.3 is 10.0 Å². The zero-order chi connectivity index (χ0) is 14.4. The van der Waals surface area contributed by atoms with Gasteiger partial charge in [0.25, 0.3) is 0 Å². The summed E-state index contributed by atoms with van der Waals surface area (Å²) in [6.07, 6.45) is 4.59. The lowest BCUT2D eigenvalue weighted by Crippen LogP contribution is -2.44. The highest BCUT2D eigenvalue weighted by Gasteiger charge is 2.24. The molecule has 1 N–H and O–H groups in total. The Balaban J connectivity index is 1.87. The first kappa shape index (κ1) is 15.4. The molecule has 0 radical (unpaired) electrons. The molecule has 0 spiro atoms. The number of aliphatic hydroxyl groups is 1. The van der Waals surface area contributed by atoms with Gasteiger partial charge in [0.15, 0.2) is 0 Å². The highest BCUT2D eigenvalue weighted by Crippen LogP contribution is 2.23. The number of nitrogens with zero attached hydrogens (tertiary/aromatic N) is 1. The van der Waals surface area contributed by atoms with E-state index in [0.29, 0.717) is 11.8 Å². The monoisotopic (exact) mass is 293 g/mol. The number of rotatable bonds is 5. The molecule has 1 unspecified atom stereocenters. The number of likely N-dealkylation sites (tertiary alicyclic amines) is 1. The average Bonchev–Trinajstić information content (AvgIpc) is 2.53. The van der Waals surface area contributed by atoms with Crippen molar-refractivity contribution in [1.82, 2.24) is 4.90 Å². The molecule has 1 saturated heterocycles. The van der Waals surface area contributed by atoms with E-state index in [1.165, 1.54) is 6.42 Å². The molecule has 0 saturated carbocycles. The Bertz CT molecular complexity index is 433. The molecule has 0 aliphatic carbocycles. The first-order chi connectivity index (χ1) is 9.74. The summed E-state index contributed by atoms with van der Waals surface area (Å²) in [7, 11) is 0. The van der Waals surface area contributed by atoms with E-state index in [1.807, 2.05) is 24.3 Å². The van der Waals surface area contributed by atoms with Crippen molar-refractivity contribution in [2.45, 2.75) is 50.2 Å². The zero-order valence-corrected chi connectivity index (χ0v) is 12.9. The number of hydrogen-bond donors (Lipinski definition) is 1. The second-order valence-electron chi connectivity index (χ2n) is 5.24. The van der Waals surface area contributed by atoms with Gasteiger partial charge in [-0.1, -0.05) is 19.1 Å². The maximum Gasteiger partial charge on any atom is 0.233 e. The number of carbonyl (C=O) groups is 1. The molecule has 1 amide bonds. The summed E-state index contributed by atoms with van der Waals surface area (Å²) in [5.74, 6) is 0.766. The van der Waals surface area contributed by atoms with E-state index in [-0.39, 0.29) is 12.5 Å². The summed E-state index contributed by atoms with van der Waals surface area (Å²) in [5.41, 5.74) is 0.905. The first-order valence-corrected chi connectivity index (χ1v) is 8.35. The fourth-order valence-corrected chi connectivity index (χ4v) is 3.46. The minimum absolute atomic E-state index is 0.0653. The number of benzene rings is 1. The molecule has 1 heterocycles. The largest absolute Gasteiger partial charge is 0.392 e. The standard InChI is InChI=1S/C16H23NO2S/c1-2-14-5-3-4-10-17(14)16(19)12-20-15-8-6-13(11-18)7-9-15/h6-9,14,18H,2-5,10-12H2,1H3. The van der Waals surface area contributed by atoms with Crippen LogP contribution in [0.5, 0.6) is 0 Å². The van der Waals surface area contributed by atoms with Crippen LogP contribution in [0, 0.1) is 0 Å². The van der Waals surface area contributed by atoms with Crippen molar-refractivity contribution in [1.29, 1.82) is 0 Å². The number of aliphatic hydroxyl groups excluding tert-OH is 1. The molecule has 4 heteroatoms. The Kier molecular flexibility index (Phi) is 5.92. The Morgan fingerprint density at radius 1 is 1.35 bits per heavy atom. The van der Waals surface area contributed by atoms with E-state index < -0.39 is 0 Å². The van der Waals surface area contributed by atoms with Gasteiger partial charge in [-0.2, -0.15) is 0 Å². The molecule has 1 atom stereocenters. The van der Waals surface area contributed by atoms with Crippen LogP contribution in [0.2, 0.25) is 0 Å². The minimum Gasteiger partial charge on any atom is -0.392 e. The van der Waals surface area contributed by atoms with Gasteiger partial charge in [-0.3, -0.25) is 4.79 Å². The quantitative estimate of drug-likeness (QED) is 0.848. The maximum atomic E-state index is 12.3. The molecule has 1 fully saturated rings. The predicted octanol–water partition coefficient (Wildman–Crippen LogP) is 3.06. The fraction of sp³-hybridized carbons (Fsp3) is 0.562. The molecule has 1 aliphatic heterocycles. The van der Waals surface area contributed by atoms with Gasteiger partial charge in [-0.25, -0.2) is 0 Å². The van der Waals surface area contributed by atoms with Crippen LogP contribution in [0.15, 0.2) is 29.2 Å². The van der Waals surface area contributed by atoms with Crippen molar-refractivity contribution in [3.8, 4) is 0 Å². The number of hydrogen-bond acceptors (Lipinski definition) is 3. The molecule has 1 aromatic carbocycles. The van der Waals surface area contributed by atoms with Crippen LogP contribution in [-0.4, -0.2) is 34.3 Å². The first-order valence-electron chi connectivity index (χ1n) is 7.36. The number of piperidine rings is 1. The molecular weight excluding hydrogens is 270 g/mol. The molecular formula is C16H23NO2S. The van der Waals surface area contributed by atoms with Crippen molar-refractivity contribution >= 4 is 17.7 Å². The van der Waals surface area contributed by atoms with Crippen LogP contribution in [0.3, 0.4) is 0 Å². The van der Waals surface area contributed by atoms with Crippen molar-refractivity contribution in [3.63, 3.8) is 0 Å². The van der Waals surface area contributed by atoms with E-state index in [0.717, 1.165) is 36.3 Å². The van der Waals surface area contributed by atoms with Crippen LogP contribution in [-0.2, 0) is 11.4 Å². The van der Waals surface area contributed by atoms with Crippen molar-refractivity contribution in [3.05, 3.63) is 29.8 Å². The van der Waals surface area contributed by atoms with Gasteiger partial charge in [0.1, 0.15) is 0 Å². The summed E-state index contributed by atoms with van der Waals surface area (Å²) in [4.78, 5) is 15.5. The molecule has 1 aromatic rings. The molecule has 3 nitrogen and oxygen atoms in total. The summed E-state index contributed by atoms with van der Waals surface area (Å²) < 4.78 is 0. The SMILES string of the molecule is CCC1CCCCN1C(=O)CSc1ccc(CO)cc1. The second kappa shape index (κ2) is 7.70. The van der Waals surface area contributed by atoms with Gasteiger partial charge in [0, 0.05) is 17.5 Å². The van der Waals surface area contributed by atoms with Crippen LogP contribution >= 0.6 is 11.8 Å². The van der Waals surface area contributed by atoms with E-state index in [4.69, 9.17) is 5.11 Å². The van der Waals surface area contributed by atoms with Gasteiger partial charge in [-0.05, 0) is 43.4 Å². The van der Waals surface area contributed by atoms with Crippen LogP contribution in [0.25, 0.3) is 0 Å². The van der Waals surface area contributed by atoms with Gasteiger partial charge in [0.2, 0.25) is 5.91 Å². The fourth-order valence-electron chi connectivity index (χ4n) is 2.67.